The van der Waals surface area contributed by atoms with Gasteiger partial charge in [-0.05, 0) is 37.8 Å². The smallest absolute Gasteiger partial charge is 0.0910 e. The van der Waals surface area contributed by atoms with E-state index in [1.807, 2.05) is 25.1 Å². The molecule has 0 heterocycles. The summed E-state index contributed by atoms with van der Waals surface area (Å²) in [5.74, 6) is 0.329. The van der Waals surface area contributed by atoms with Crippen LogP contribution in [0.3, 0.4) is 0 Å². The Labute approximate surface area is 116 Å². The topological polar surface area (TPSA) is 20.2 Å². The highest BCUT2D eigenvalue weighted by Crippen LogP contribution is 2.41. The molecule has 94 valence electrons. The van der Waals surface area contributed by atoms with Crippen LogP contribution in [0.5, 0.6) is 0 Å². The summed E-state index contributed by atoms with van der Waals surface area (Å²) >= 11 is 9.64. The van der Waals surface area contributed by atoms with E-state index in [9.17, 15) is 5.11 Å². The third kappa shape index (κ3) is 2.86. The number of benzene rings is 1. The molecule has 1 aliphatic carbocycles. The van der Waals surface area contributed by atoms with E-state index >= 15 is 0 Å². The van der Waals surface area contributed by atoms with Gasteiger partial charge in [-0.3, -0.25) is 0 Å². The van der Waals surface area contributed by atoms with E-state index in [1.54, 1.807) is 0 Å². The minimum absolute atomic E-state index is 0.329. The van der Waals surface area contributed by atoms with Crippen LogP contribution in [0.25, 0.3) is 0 Å². The minimum Gasteiger partial charge on any atom is -0.385 e. The van der Waals surface area contributed by atoms with Crippen molar-refractivity contribution in [2.45, 2.75) is 44.6 Å². The molecular weight excluding hydrogens is 300 g/mol. The SMILES string of the molecule is CC(O)(c1ccc(Br)cc1Cl)C1CCCCC1. The number of rotatable bonds is 2. The number of aliphatic hydroxyl groups is 1. The fourth-order valence-electron chi connectivity index (χ4n) is 2.78. The molecule has 0 saturated heterocycles. The van der Waals surface area contributed by atoms with Gasteiger partial charge in [0.2, 0.25) is 0 Å². The molecule has 1 N–H and O–H groups in total. The molecule has 2 rings (SSSR count). The van der Waals surface area contributed by atoms with Crippen LogP contribution < -0.4 is 0 Å². The van der Waals surface area contributed by atoms with E-state index in [4.69, 9.17) is 11.6 Å². The first-order chi connectivity index (χ1) is 8.01. The lowest BCUT2D eigenvalue weighted by atomic mass is 9.74. The quantitative estimate of drug-likeness (QED) is 0.823. The number of halogens is 2. The average molecular weight is 318 g/mol. The van der Waals surface area contributed by atoms with E-state index in [-0.39, 0.29) is 0 Å². The molecule has 1 fully saturated rings. The van der Waals surface area contributed by atoms with Crippen LogP contribution in [0.2, 0.25) is 5.02 Å². The van der Waals surface area contributed by atoms with Gasteiger partial charge >= 0.3 is 0 Å². The fraction of sp³-hybridized carbons (Fsp3) is 0.571. The second-order valence-electron chi connectivity index (χ2n) is 5.11. The lowest BCUT2D eigenvalue weighted by molar-refractivity contribution is -0.0214. The van der Waals surface area contributed by atoms with Gasteiger partial charge in [-0.15, -0.1) is 0 Å². The first kappa shape index (κ1) is 13.4. The predicted molar refractivity (Wildman–Crippen MR) is 75.3 cm³/mol. The molecule has 1 aromatic rings. The first-order valence-electron chi connectivity index (χ1n) is 6.19. The van der Waals surface area contributed by atoms with Crippen molar-refractivity contribution in [3.05, 3.63) is 33.3 Å². The second-order valence-corrected chi connectivity index (χ2v) is 6.43. The van der Waals surface area contributed by atoms with Crippen molar-refractivity contribution >= 4 is 27.5 Å². The van der Waals surface area contributed by atoms with E-state index < -0.39 is 5.60 Å². The Balaban J connectivity index is 2.29. The average Bonchev–Trinajstić information content (AvgIpc) is 2.29. The molecule has 1 atom stereocenters. The van der Waals surface area contributed by atoms with Crippen LogP contribution in [-0.2, 0) is 5.60 Å². The molecule has 1 saturated carbocycles. The van der Waals surface area contributed by atoms with Gasteiger partial charge in [0.25, 0.3) is 0 Å². The third-order valence-electron chi connectivity index (χ3n) is 3.88. The van der Waals surface area contributed by atoms with Gasteiger partial charge in [0.15, 0.2) is 0 Å². The van der Waals surface area contributed by atoms with E-state index in [2.05, 4.69) is 15.9 Å². The number of hydrogen-bond donors (Lipinski definition) is 1. The van der Waals surface area contributed by atoms with Gasteiger partial charge in [-0.25, -0.2) is 0 Å². The molecule has 17 heavy (non-hydrogen) atoms. The zero-order chi connectivity index (χ0) is 12.5. The van der Waals surface area contributed by atoms with Gasteiger partial charge in [-0.1, -0.05) is 52.9 Å². The molecule has 1 aliphatic rings. The Hall–Kier alpha value is -0.0500. The normalized spacial score (nSPS) is 21.2. The zero-order valence-electron chi connectivity index (χ0n) is 10.0. The maximum absolute atomic E-state index is 10.8. The maximum Gasteiger partial charge on any atom is 0.0910 e. The summed E-state index contributed by atoms with van der Waals surface area (Å²) in [6.45, 7) is 1.90. The summed E-state index contributed by atoms with van der Waals surface area (Å²) in [4.78, 5) is 0. The van der Waals surface area contributed by atoms with Gasteiger partial charge in [0, 0.05) is 15.1 Å². The van der Waals surface area contributed by atoms with Gasteiger partial charge in [0.05, 0.1) is 5.60 Å². The largest absolute Gasteiger partial charge is 0.385 e. The second kappa shape index (κ2) is 5.29. The molecule has 0 aliphatic heterocycles. The van der Waals surface area contributed by atoms with Crippen LogP contribution in [0.15, 0.2) is 22.7 Å². The van der Waals surface area contributed by atoms with E-state index in [1.165, 1.54) is 19.3 Å². The Morgan fingerprint density at radius 3 is 2.53 bits per heavy atom. The van der Waals surface area contributed by atoms with Crippen LogP contribution in [0.1, 0.15) is 44.6 Å². The van der Waals surface area contributed by atoms with E-state index in [0.717, 1.165) is 22.9 Å². The standard InChI is InChI=1S/C14H18BrClO/c1-14(17,10-5-3-2-4-6-10)12-8-7-11(15)9-13(12)16/h7-10,17H,2-6H2,1H3. The first-order valence-corrected chi connectivity index (χ1v) is 7.37. The lowest BCUT2D eigenvalue weighted by Crippen LogP contribution is -2.33. The lowest BCUT2D eigenvalue weighted by Gasteiger charge is -2.36. The molecule has 1 aromatic carbocycles. The summed E-state index contributed by atoms with van der Waals surface area (Å²) in [6, 6.07) is 5.73. The maximum atomic E-state index is 10.8. The highest BCUT2D eigenvalue weighted by Gasteiger charge is 2.35. The Kier molecular flexibility index (Phi) is 4.17. The summed E-state index contributed by atoms with van der Waals surface area (Å²) in [7, 11) is 0. The summed E-state index contributed by atoms with van der Waals surface area (Å²) in [6.07, 6.45) is 5.92. The van der Waals surface area contributed by atoms with Gasteiger partial charge in [0.1, 0.15) is 0 Å². The summed E-state index contributed by atoms with van der Waals surface area (Å²) in [5, 5.41) is 11.4. The Morgan fingerprint density at radius 2 is 1.94 bits per heavy atom. The molecule has 0 radical (unpaired) electrons. The monoisotopic (exact) mass is 316 g/mol. The van der Waals surface area contributed by atoms with Crippen molar-refractivity contribution in [3.63, 3.8) is 0 Å². The number of hydrogen-bond acceptors (Lipinski definition) is 1. The minimum atomic E-state index is -0.807. The molecule has 1 nitrogen and oxygen atoms in total. The van der Waals surface area contributed by atoms with E-state index in [0.29, 0.717) is 10.9 Å². The van der Waals surface area contributed by atoms with Crippen molar-refractivity contribution in [3.8, 4) is 0 Å². The molecule has 0 spiro atoms. The Morgan fingerprint density at radius 1 is 1.29 bits per heavy atom. The Bertz CT molecular complexity index is 397. The summed E-state index contributed by atoms with van der Waals surface area (Å²) in [5.41, 5.74) is 0.0485. The van der Waals surface area contributed by atoms with Crippen molar-refractivity contribution in [1.82, 2.24) is 0 Å². The predicted octanol–water partition coefficient (Wildman–Crippen LogP) is 4.89. The van der Waals surface area contributed by atoms with Crippen LogP contribution in [-0.4, -0.2) is 5.11 Å². The third-order valence-corrected chi connectivity index (χ3v) is 4.68. The van der Waals surface area contributed by atoms with Gasteiger partial charge in [-0.2, -0.15) is 0 Å². The van der Waals surface area contributed by atoms with Crippen molar-refractivity contribution in [2.24, 2.45) is 5.92 Å². The molecule has 1 unspecified atom stereocenters. The summed E-state index contributed by atoms with van der Waals surface area (Å²) < 4.78 is 0.950. The van der Waals surface area contributed by atoms with Crippen LogP contribution in [0.4, 0.5) is 0 Å². The molecule has 0 bridgehead atoms. The van der Waals surface area contributed by atoms with Crippen molar-refractivity contribution in [1.29, 1.82) is 0 Å². The van der Waals surface area contributed by atoms with Crippen LogP contribution in [0, 0.1) is 5.92 Å². The molecule has 3 heteroatoms. The van der Waals surface area contributed by atoms with Crippen molar-refractivity contribution in [2.75, 3.05) is 0 Å². The molecule has 0 aromatic heterocycles. The van der Waals surface area contributed by atoms with Gasteiger partial charge < -0.3 is 5.11 Å². The fourth-order valence-corrected chi connectivity index (χ4v) is 3.65. The molecule has 0 amide bonds. The van der Waals surface area contributed by atoms with Crippen molar-refractivity contribution < 1.29 is 5.11 Å². The highest BCUT2D eigenvalue weighted by molar-refractivity contribution is 9.10. The highest BCUT2D eigenvalue weighted by atomic mass is 79.9. The zero-order valence-corrected chi connectivity index (χ0v) is 12.4. The van der Waals surface area contributed by atoms with Crippen LogP contribution >= 0.6 is 27.5 Å². The molecular formula is C14H18BrClO.